The molecular formula is C25H16FN3O5. The van der Waals surface area contributed by atoms with Gasteiger partial charge in [0.1, 0.15) is 5.82 Å². The number of aromatic nitrogens is 2. The number of rotatable bonds is 6. The van der Waals surface area contributed by atoms with E-state index >= 15 is 0 Å². The minimum absolute atomic E-state index is 0.0259. The normalized spacial score (nSPS) is 12.7. The topological polar surface area (TPSA) is 103 Å². The number of carbonyl (C=O) groups is 3. The van der Waals surface area contributed by atoms with Crippen LogP contribution in [0.5, 0.6) is 0 Å². The highest BCUT2D eigenvalue weighted by Gasteiger charge is 2.35. The minimum atomic E-state index is -0.634. The fourth-order valence-electron chi connectivity index (χ4n) is 3.60. The van der Waals surface area contributed by atoms with Crippen molar-refractivity contribution in [3.05, 3.63) is 107 Å². The van der Waals surface area contributed by atoms with Crippen LogP contribution >= 0.6 is 0 Å². The van der Waals surface area contributed by atoms with Gasteiger partial charge in [-0.2, -0.15) is 4.98 Å². The average Bonchev–Trinajstić information content (AvgIpc) is 3.43. The molecule has 0 N–H and O–H groups in total. The highest BCUT2D eigenvalue weighted by atomic mass is 19.1. The van der Waals surface area contributed by atoms with Crippen LogP contribution in [0.15, 0.2) is 77.3 Å². The predicted molar refractivity (Wildman–Crippen MR) is 116 cm³/mol. The molecule has 168 valence electrons. The van der Waals surface area contributed by atoms with Crippen molar-refractivity contribution in [1.29, 1.82) is 0 Å². The Morgan fingerprint density at radius 3 is 2.35 bits per heavy atom. The summed E-state index contributed by atoms with van der Waals surface area (Å²) >= 11 is 0. The maximum absolute atomic E-state index is 13.1. The zero-order valence-corrected chi connectivity index (χ0v) is 17.6. The number of carbonyl (C=O) groups excluding carboxylic acids is 3. The lowest BCUT2D eigenvalue weighted by molar-refractivity contribution is 0.0429. The summed E-state index contributed by atoms with van der Waals surface area (Å²) in [6.45, 7) is -0.228. The van der Waals surface area contributed by atoms with E-state index in [9.17, 15) is 18.8 Å². The van der Waals surface area contributed by atoms with Crippen molar-refractivity contribution in [2.45, 2.75) is 13.2 Å². The highest BCUT2D eigenvalue weighted by molar-refractivity contribution is 6.21. The Morgan fingerprint density at radius 2 is 1.65 bits per heavy atom. The molecule has 0 saturated carbocycles. The third-order valence-electron chi connectivity index (χ3n) is 5.28. The average molecular weight is 457 g/mol. The molecule has 4 aromatic rings. The fourth-order valence-corrected chi connectivity index (χ4v) is 3.60. The molecule has 8 nitrogen and oxygen atoms in total. The van der Waals surface area contributed by atoms with Gasteiger partial charge in [0.25, 0.3) is 17.7 Å². The van der Waals surface area contributed by atoms with Gasteiger partial charge in [-0.3, -0.25) is 14.5 Å². The summed E-state index contributed by atoms with van der Waals surface area (Å²) in [6.07, 6.45) is 0. The van der Waals surface area contributed by atoms with Gasteiger partial charge in [0, 0.05) is 5.56 Å². The molecular weight excluding hydrogens is 441 g/mol. The number of hydrogen-bond acceptors (Lipinski definition) is 7. The van der Waals surface area contributed by atoms with Gasteiger partial charge in [0.15, 0.2) is 6.61 Å². The van der Waals surface area contributed by atoms with E-state index in [0.29, 0.717) is 22.3 Å². The van der Waals surface area contributed by atoms with Crippen molar-refractivity contribution in [3.8, 4) is 11.4 Å². The van der Waals surface area contributed by atoms with Crippen molar-refractivity contribution in [3.63, 3.8) is 0 Å². The SMILES string of the molecule is O=C(OCc1nc(-c2ccc(F)cc2)no1)c1cccc(CN2C(=O)c3ccccc3C2=O)c1. The number of benzene rings is 3. The largest absolute Gasteiger partial charge is 0.452 e. The first kappa shape index (κ1) is 21.2. The van der Waals surface area contributed by atoms with E-state index in [-0.39, 0.29) is 48.1 Å². The number of esters is 1. The van der Waals surface area contributed by atoms with Gasteiger partial charge in [-0.05, 0) is 54.1 Å². The third-order valence-corrected chi connectivity index (χ3v) is 5.28. The molecule has 9 heteroatoms. The summed E-state index contributed by atoms with van der Waals surface area (Å²) in [5, 5.41) is 3.80. The first-order chi connectivity index (χ1) is 16.5. The monoisotopic (exact) mass is 457 g/mol. The summed E-state index contributed by atoms with van der Waals surface area (Å²) in [5.41, 5.74) is 2.13. The molecule has 1 aliphatic rings. The number of nitrogens with zero attached hydrogens (tertiary/aromatic N) is 3. The van der Waals surface area contributed by atoms with Gasteiger partial charge in [0.2, 0.25) is 5.82 Å². The molecule has 2 heterocycles. The van der Waals surface area contributed by atoms with Crippen molar-refractivity contribution in [2.75, 3.05) is 0 Å². The van der Waals surface area contributed by atoms with Gasteiger partial charge in [-0.15, -0.1) is 0 Å². The van der Waals surface area contributed by atoms with Crippen molar-refractivity contribution in [1.82, 2.24) is 15.0 Å². The molecule has 2 amide bonds. The van der Waals surface area contributed by atoms with Gasteiger partial charge in [-0.1, -0.05) is 29.4 Å². The third kappa shape index (κ3) is 4.06. The van der Waals surface area contributed by atoms with Crippen molar-refractivity contribution < 1.29 is 28.0 Å². The Morgan fingerprint density at radius 1 is 0.941 bits per heavy atom. The minimum Gasteiger partial charge on any atom is -0.452 e. The van der Waals surface area contributed by atoms with Crippen LogP contribution in [0.25, 0.3) is 11.4 Å². The van der Waals surface area contributed by atoms with Crippen LogP contribution in [0.2, 0.25) is 0 Å². The molecule has 1 aromatic heterocycles. The maximum atomic E-state index is 13.1. The predicted octanol–water partition coefficient (Wildman–Crippen LogP) is 4.03. The fraction of sp³-hybridized carbons (Fsp3) is 0.0800. The first-order valence-electron chi connectivity index (χ1n) is 10.3. The van der Waals surface area contributed by atoms with E-state index in [4.69, 9.17) is 9.26 Å². The lowest BCUT2D eigenvalue weighted by Gasteiger charge is -2.14. The quantitative estimate of drug-likeness (QED) is 0.318. The molecule has 0 bridgehead atoms. The molecule has 0 fully saturated rings. The Balaban J connectivity index is 1.24. The molecule has 0 saturated heterocycles. The standard InChI is InChI=1S/C25H16FN3O5/c26-18-10-8-16(9-11-18)22-27-21(34-28-22)14-33-25(32)17-5-3-4-15(12-17)13-29-23(30)19-6-1-2-7-20(19)24(29)31/h1-12H,13-14H2. The molecule has 0 aliphatic carbocycles. The number of amides is 2. The number of halogens is 1. The zero-order chi connectivity index (χ0) is 23.7. The van der Waals surface area contributed by atoms with Gasteiger partial charge in [0.05, 0.1) is 23.2 Å². The van der Waals surface area contributed by atoms with Gasteiger partial charge < -0.3 is 9.26 Å². The van der Waals surface area contributed by atoms with Crippen LogP contribution in [-0.2, 0) is 17.9 Å². The van der Waals surface area contributed by atoms with Crippen LogP contribution in [0.1, 0.15) is 42.5 Å². The summed E-state index contributed by atoms with van der Waals surface area (Å²) in [7, 11) is 0. The van der Waals surface area contributed by atoms with Gasteiger partial charge in [-0.25, -0.2) is 9.18 Å². The molecule has 5 rings (SSSR count). The maximum Gasteiger partial charge on any atom is 0.338 e. The van der Waals surface area contributed by atoms with Crippen LogP contribution < -0.4 is 0 Å². The van der Waals surface area contributed by atoms with E-state index in [1.807, 2.05) is 0 Å². The second kappa shape index (κ2) is 8.70. The van der Waals surface area contributed by atoms with Crippen molar-refractivity contribution in [2.24, 2.45) is 0 Å². The molecule has 0 spiro atoms. The molecule has 0 unspecified atom stereocenters. The Bertz CT molecular complexity index is 1380. The van der Waals surface area contributed by atoms with Crippen LogP contribution in [-0.4, -0.2) is 32.8 Å². The van der Waals surface area contributed by atoms with E-state index in [0.717, 1.165) is 4.90 Å². The molecule has 1 aliphatic heterocycles. The smallest absolute Gasteiger partial charge is 0.338 e. The Kier molecular flexibility index (Phi) is 5.43. The van der Waals surface area contributed by atoms with E-state index < -0.39 is 5.97 Å². The second-order valence-corrected chi connectivity index (χ2v) is 7.54. The molecule has 0 atom stereocenters. The van der Waals surface area contributed by atoms with Crippen LogP contribution in [0.4, 0.5) is 4.39 Å². The first-order valence-corrected chi connectivity index (χ1v) is 10.3. The summed E-state index contributed by atoms with van der Waals surface area (Å²) in [6, 6.07) is 18.7. The zero-order valence-electron chi connectivity index (χ0n) is 17.6. The Labute approximate surface area is 192 Å². The summed E-state index contributed by atoms with van der Waals surface area (Å²) < 4.78 is 23.4. The summed E-state index contributed by atoms with van der Waals surface area (Å²) in [5.74, 6) is -1.44. The number of imide groups is 1. The lowest BCUT2D eigenvalue weighted by atomic mass is 10.1. The molecule has 0 radical (unpaired) electrons. The van der Waals surface area contributed by atoms with E-state index in [2.05, 4.69) is 10.1 Å². The highest BCUT2D eigenvalue weighted by Crippen LogP contribution is 2.24. The Hall–Kier alpha value is -4.66. The van der Waals surface area contributed by atoms with Crippen molar-refractivity contribution >= 4 is 17.8 Å². The lowest BCUT2D eigenvalue weighted by Crippen LogP contribution is -2.29. The number of fused-ring (bicyclic) bond motifs is 1. The molecule has 3 aromatic carbocycles. The number of hydrogen-bond donors (Lipinski definition) is 0. The van der Waals surface area contributed by atoms with Gasteiger partial charge >= 0.3 is 5.97 Å². The van der Waals surface area contributed by atoms with E-state index in [1.54, 1.807) is 48.5 Å². The second-order valence-electron chi connectivity index (χ2n) is 7.54. The number of ether oxygens (including phenoxy) is 1. The molecule has 34 heavy (non-hydrogen) atoms. The summed E-state index contributed by atoms with van der Waals surface area (Å²) in [4.78, 5) is 43.0. The van der Waals surface area contributed by atoms with E-state index in [1.165, 1.54) is 24.3 Å². The van der Waals surface area contributed by atoms with Crippen LogP contribution in [0, 0.1) is 5.82 Å². The van der Waals surface area contributed by atoms with Crippen LogP contribution in [0.3, 0.4) is 0 Å².